The molecule has 0 unspecified atom stereocenters. The second-order valence-corrected chi connectivity index (χ2v) is 6.56. The summed E-state index contributed by atoms with van der Waals surface area (Å²) in [4.78, 5) is 0. The Labute approximate surface area is 142 Å². The lowest BCUT2D eigenvalue weighted by molar-refractivity contribution is -0.104. The third kappa shape index (κ3) is 5.52. The summed E-state index contributed by atoms with van der Waals surface area (Å²) in [5.74, 6) is 1.26. The van der Waals surface area contributed by atoms with Gasteiger partial charge in [0.05, 0.1) is 27.6 Å². The van der Waals surface area contributed by atoms with Crippen LogP contribution in [0.1, 0.15) is 18.6 Å². The molecule has 1 aromatic carbocycles. The summed E-state index contributed by atoms with van der Waals surface area (Å²) >= 11 is 0. The van der Waals surface area contributed by atoms with E-state index >= 15 is 0 Å². The van der Waals surface area contributed by atoms with Gasteiger partial charge in [-0.25, -0.2) is 0 Å². The van der Waals surface area contributed by atoms with E-state index in [0.717, 1.165) is 6.26 Å². The predicted octanol–water partition coefficient (Wildman–Crippen LogP) is 1.74. The molecule has 2 atom stereocenters. The van der Waals surface area contributed by atoms with E-state index in [9.17, 15) is 8.42 Å². The van der Waals surface area contributed by atoms with Gasteiger partial charge < -0.3 is 23.7 Å². The first-order chi connectivity index (χ1) is 11.3. The molecule has 138 valence electrons. The van der Waals surface area contributed by atoms with Crippen LogP contribution in [0.2, 0.25) is 0 Å². The number of hydrogen-bond acceptors (Lipinski definition) is 8. The van der Waals surface area contributed by atoms with Gasteiger partial charge >= 0.3 is 0 Å². The number of methoxy groups -OCH3 is 4. The van der Waals surface area contributed by atoms with Crippen LogP contribution in [0.15, 0.2) is 12.1 Å². The molecular formula is C15H24O8S. The third-order valence-electron chi connectivity index (χ3n) is 3.13. The van der Waals surface area contributed by atoms with Crippen molar-refractivity contribution >= 4 is 10.1 Å². The van der Waals surface area contributed by atoms with Gasteiger partial charge in [-0.3, -0.25) is 4.18 Å². The summed E-state index contributed by atoms with van der Waals surface area (Å²) in [7, 11) is 2.28. The molecule has 0 aliphatic heterocycles. The van der Waals surface area contributed by atoms with E-state index in [1.54, 1.807) is 19.1 Å². The largest absolute Gasteiger partial charge is 0.493 e. The normalized spacial score (nSPS) is 14.1. The lowest BCUT2D eigenvalue weighted by Crippen LogP contribution is -2.25. The molecule has 0 saturated carbocycles. The Morgan fingerprint density at radius 2 is 1.54 bits per heavy atom. The molecule has 24 heavy (non-hydrogen) atoms. The lowest BCUT2D eigenvalue weighted by atomic mass is 10.0. The second-order valence-electron chi connectivity index (χ2n) is 4.96. The van der Waals surface area contributed by atoms with E-state index in [-0.39, 0.29) is 6.79 Å². The zero-order valence-corrected chi connectivity index (χ0v) is 15.5. The van der Waals surface area contributed by atoms with E-state index < -0.39 is 22.3 Å². The van der Waals surface area contributed by atoms with Gasteiger partial charge in [-0.1, -0.05) is 0 Å². The summed E-state index contributed by atoms with van der Waals surface area (Å²) in [6, 6.07) is 3.34. The highest BCUT2D eigenvalue weighted by molar-refractivity contribution is 7.86. The number of benzene rings is 1. The van der Waals surface area contributed by atoms with Crippen LogP contribution in [0.4, 0.5) is 0 Å². The quantitative estimate of drug-likeness (QED) is 0.458. The molecule has 0 aliphatic rings. The molecular weight excluding hydrogens is 340 g/mol. The Morgan fingerprint density at radius 3 is 1.92 bits per heavy atom. The van der Waals surface area contributed by atoms with Crippen molar-refractivity contribution in [2.24, 2.45) is 0 Å². The minimum atomic E-state index is -3.65. The van der Waals surface area contributed by atoms with Crippen molar-refractivity contribution in [2.75, 3.05) is 41.5 Å². The van der Waals surface area contributed by atoms with E-state index in [1.807, 2.05) is 0 Å². The van der Waals surface area contributed by atoms with Crippen LogP contribution in [0.25, 0.3) is 0 Å². The molecule has 0 fully saturated rings. The molecule has 0 radical (unpaired) electrons. The van der Waals surface area contributed by atoms with Crippen molar-refractivity contribution in [2.45, 2.75) is 19.1 Å². The van der Waals surface area contributed by atoms with Crippen LogP contribution < -0.4 is 14.2 Å². The average Bonchev–Trinajstić information content (AvgIpc) is 2.52. The van der Waals surface area contributed by atoms with E-state index in [4.69, 9.17) is 27.9 Å². The summed E-state index contributed by atoms with van der Waals surface area (Å²) in [6.45, 7) is 1.54. The van der Waals surface area contributed by atoms with Crippen LogP contribution in [0, 0.1) is 0 Å². The van der Waals surface area contributed by atoms with Gasteiger partial charge in [0, 0.05) is 7.11 Å². The highest BCUT2D eigenvalue weighted by atomic mass is 32.2. The van der Waals surface area contributed by atoms with Crippen LogP contribution >= 0.6 is 0 Å². The molecule has 1 aromatic rings. The van der Waals surface area contributed by atoms with Gasteiger partial charge in [0.15, 0.2) is 11.5 Å². The Morgan fingerprint density at radius 1 is 1.00 bits per heavy atom. The molecule has 0 spiro atoms. The standard InChI is InChI=1S/C15H24O8S/c1-10(23-24(6,16)17)14(22-9-18-2)11-7-12(19-3)15(21-5)13(8-11)20-4/h7-8,10,14H,9H2,1-6H3/t10-,14-/m0/s1. The smallest absolute Gasteiger partial charge is 0.264 e. The molecule has 0 aromatic heterocycles. The Hall–Kier alpha value is -1.55. The first-order valence-corrected chi connectivity index (χ1v) is 8.87. The maximum atomic E-state index is 11.4. The van der Waals surface area contributed by atoms with Crippen molar-refractivity contribution in [1.82, 2.24) is 0 Å². The average molecular weight is 364 g/mol. The lowest BCUT2D eigenvalue weighted by Gasteiger charge is -2.25. The zero-order valence-electron chi connectivity index (χ0n) is 14.7. The van der Waals surface area contributed by atoms with Gasteiger partial charge in [0.25, 0.3) is 10.1 Å². The van der Waals surface area contributed by atoms with Gasteiger partial charge in [0.2, 0.25) is 5.75 Å². The van der Waals surface area contributed by atoms with Gasteiger partial charge in [-0.15, -0.1) is 0 Å². The fourth-order valence-electron chi connectivity index (χ4n) is 2.24. The van der Waals surface area contributed by atoms with E-state index in [0.29, 0.717) is 22.8 Å². The minimum absolute atomic E-state index is 0.0429. The highest BCUT2D eigenvalue weighted by Gasteiger charge is 2.27. The van der Waals surface area contributed by atoms with Crippen molar-refractivity contribution in [1.29, 1.82) is 0 Å². The Balaban J connectivity index is 3.31. The van der Waals surface area contributed by atoms with Crippen molar-refractivity contribution in [3.05, 3.63) is 17.7 Å². The van der Waals surface area contributed by atoms with Crippen LogP contribution in [0.5, 0.6) is 17.2 Å². The number of hydrogen-bond donors (Lipinski definition) is 0. The van der Waals surface area contributed by atoms with E-state index in [1.165, 1.54) is 28.4 Å². The first-order valence-electron chi connectivity index (χ1n) is 7.06. The SMILES string of the molecule is COCO[C@H](c1cc(OC)c(OC)c(OC)c1)[C@H](C)OS(C)(=O)=O. The van der Waals surface area contributed by atoms with Crippen LogP contribution in [-0.4, -0.2) is 56.0 Å². The molecule has 0 aliphatic carbocycles. The summed E-state index contributed by atoms with van der Waals surface area (Å²) < 4.78 is 54.3. The summed E-state index contributed by atoms with van der Waals surface area (Å²) in [6.07, 6.45) is -0.544. The molecule has 1 rings (SSSR count). The van der Waals surface area contributed by atoms with Gasteiger partial charge in [-0.2, -0.15) is 8.42 Å². The fourth-order valence-corrected chi connectivity index (χ4v) is 2.89. The Kier molecular flexibility index (Phi) is 7.74. The fraction of sp³-hybridized carbons (Fsp3) is 0.600. The molecule has 0 bridgehead atoms. The van der Waals surface area contributed by atoms with E-state index in [2.05, 4.69) is 0 Å². The molecule has 0 heterocycles. The monoisotopic (exact) mass is 364 g/mol. The topological polar surface area (TPSA) is 89.5 Å². The van der Waals surface area contributed by atoms with Crippen LogP contribution in [-0.2, 0) is 23.8 Å². The summed E-state index contributed by atoms with van der Waals surface area (Å²) in [5.41, 5.74) is 0.595. The molecule has 8 nitrogen and oxygen atoms in total. The first kappa shape index (κ1) is 20.5. The van der Waals surface area contributed by atoms with Gasteiger partial charge in [-0.05, 0) is 24.6 Å². The molecule has 0 saturated heterocycles. The molecule has 0 N–H and O–H groups in total. The second kappa shape index (κ2) is 9.07. The molecule has 0 amide bonds. The zero-order chi connectivity index (χ0) is 18.3. The summed E-state index contributed by atoms with van der Waals surface area (Å²) in [5, 5.41) is 0. The van der Waals surface area contributed by atoms with Crippen molar-refractivity contribution < 1.29 is 36.3 Å². The number of rotatable bonds is 10. The third-order valence-corrected chi connectivity index (χ3v) is 3.79. The minimum Gasteiger partial charge on any atom is -0.493 e. The maximum Gasteiger partial charge on any atom is 0.264 e. The Bertz CT molecular complexity index is 603. The van der Waals surface area contributed by atoms with Crippen molar-refractivity contribution in [3.63, 3.8) is 0 Å². The van der Waals surface area contributed by atoms with Crippen LogP contribution in [0.3, 0.4) is 0 Å². The number of ether oxygens (including phenoxy) is 5. The van der Waals surface area contributed by atoms with Gasteiger partial charge in [0.1, 0.15) is 19.0 Å². The predicted molar refractivity (Wildman–Crippen MR) is 87.2 cm³/mol. The van der Waals surface area contributed by atoms with Crippen molar-refractivity contribution in [3.8, 4) is 17.2 Å². The molecule has 9 heteroatoms. The maximum absolute atomic E-state index is 11.4. The highest BCUT2D eigenvalue weighted by Crippen LogP contribution is 2.41.